The number of benzene rings is 3. The van der Waals surface area contributed by atoms with E-state index in [0.29, 0.717) is 25.3 Å². The zero-order chi connectivity index (χ0) is 22.7. The van der Waals surface area contributed by atoms with E-state index in [4.69, 9.17) is 9.05 Å². The van der Waals surface area contributed by atoms with Gasteiger partial charge in [-0.3, -0.25) is 4.57 Å². The van der Waals surface area contributed by atoms with Crippen molar-refractivity contribution in [3.8, 4) is 0 Å². The van der Waals surface area contributed by atoms with E-state index in [1.54, 1.807) is 0 Å². The molecule has 0 atom stereocenters. The van der Waals surface area contributed by atoms with Crippen LogP contribution in [0.1, 0.15) is 50.3 Å². The second-order valence-electron chi connectivity index (χ2n) is 8.46. The first-order chi connectivity index (χ1) is 15.4. The maximum atomic E-state index is 12.8. The molecule has 0 aliphatic carbocycles. The summed E-state index contributed by atoms with van der Waals surface area (Å²) in [6.07, 6.45) is 0.294. The fraction of sp³-hybridized carbons (Fsp3) is 0.333. The van der Waals surface area contributed by atoms with Crippen LogP contribution in [-0.4, -0.2) is 17.8 Å². The lowest BCUT2D eigenvalue weighted by Gasteiger charge is -2.17. The highest BCUT2D eigenvalue weighted by atomic mass is 31.2. The van der Waals surface area contributed by atoms with E-state index in [-0.39, 0.29) is 0 Å². The summed E-state index contributed by atoms with van der Waals surface area (Å²) < 4.78 is 26.1. The zero-order valence-corrected chi connectivity index (χ0v) is 20.3. The van der Waals surface area contributed by atoms with E-state index in [9.17, 15) is 4.57 Å². The number of para-hydroxylation sites is 1. The molecule has 0 bridgehead atoms. The smallest absolute Gasteiger partial charge is 0.335 e. The van der Waals surface area contributed by atoms with Gasteiger partial charge in [0.25, 0.3) is 0 Å². The van der Waals surface area contributed by atoms with Crippen molar-refractivity contribution in [2.45, 2.75) is 46.3 Å². The van der Waals surface area contributed by atoms with Crippen molar-refractivity contribution in [1.82, 2.24) is 4.57 Å². The Balaban J connectivity index is 1.65. The van der Waals surface area contributed by atoms with Crippen molar-refractivity contribution >= 4 is 29.4 Å². The Labute approximate surface area is 190 Å². The molecule has 1 heterocycles. The molecule has 0 aliphatic heterocycles. The van der Waals surface area contributed by atoms with E-state index in [1.807, 2.05) is 26.0 Å². The Morgan fingerprint density at radius 2 is 1.44 bits per heavy atom. The highest BCUT2D eigenvalue weighted by molar-refractivity contribution is 7.53. The van der Waals surface area contributed by atoms with Crippen molar-refractivity contribution in [1.29, 1.82) is 0 Å². The van der Waals surface area contributed by atoms with E-state index < -0.39 is 7.60 Å². The molecule has 0 unspecified atom stereocenters. The lowest BCUT2D eigenvalue weighted by atomic mass is 10.0. The summed E-state index contributed by atoms with van der Waals surface area (Å²) in [6, 6.07) is 23.7. The average molecular weight is 450 g/mol. The number of hydrogen-bond donors (Lipinski definition) is 0. The monoisotopic (exact) mass is 449 g/mol. The minimum Gasteiger partial charge on any atom is -0.336 e. The summed E-state index contributed by atoms with van der Waals surface area (Å²) >= 11 is 0. The molecule has 32 heavy (non-hydrogen) atoms. The Kier molecular flexibility index (Phi) is 6.85. The first-order valence-electron chi connectivity index (χ1n) is 11.4. The largest absolute Gasteiger partial charge is 0.336 e. The predicted molar refractivity (Wildman–Crippen MR) is 134 cm³/mol. The van der Waals surface area contributed by atoms with Crippen LogP contribution in [0.2, 0.25) is 0 Å². The first-order valence-corrected chi connectivity index (χ1v) is 13.1. The Hall–Kier alpha value is -2.39. The molecule has 0 saturated heterocycles. The minimum absolute atomic E-state index is 0.294. The van der Waals surface area contributed by atoms with Gasteiger partial charge in [-0.15, -0.1) is 0 Å². The number of hydrogen-bond acceptors (Lipinski definition) is 3. The molecule has 0 saturated carbocycles. The molecule has 3 aromatic carbocycles. The van der Waals surface area contributed by atoms with Crippen LogP contribution in [0.15, 0.2) is 66.7 Å². The molecule has 4 aromatic rings. The normalized spacial score (nSPS) is 12.3. The van der Waals surface area contributed by atoms with Gasteiger partial charge >= 0.3 is 7.60 Å². The van der Waals surface area contributed by atoms with Crippen molar-refractivity contribution < 1.29 is 13.6 Å². The van der Waals surface area contributed by atoms with Crippen LogP contribution in [0.25, 0.3) is 21.8 Å². The maximum Gasteiger partial charge on any atom is 0.335 e. The standard InChI is InChI=1S/C27H32NO3P/c1-5-30-32(29,31-6-2)19-22-13-11-21(12-14-22)18-28-26-10-8-7-9-24(26)25-17-23(20(3)4)15-16-27(25)28/h7-17,20H,5-6,18-19H2,1-4H3. The van der Waals surface area contributed by atoms with Crippen molar-refractivity contribution in [2.75, 3.05) is 13.2 Å². The Bertz CT molecular complexity index is 1250. The first kappa shape index (κ1) is 22.8. The summed E-state index contributed by atoms with van der Waals surface area (Å²) in [4.78, 5) is 0. The lowest BCUT2D eigenvalue weighted by Crippen LogP contribution is -2.01. The van der Waals surface area contributed by atoms with Gasteiger partial charge in [-0.1, -0.05) is 62.4 Å². The van der Waals surface area contributed by atoms with E-state index in [2.05, 4.69) is 73.0 Å². The van der Waals surface area contributed by atoms with Gasteiger partial charge in [0.05, 0.1) is 19.4 Å². The molecular formula is C27H32NO3P. The third-order valence-electron chi connectivity index (χ3n) is 5.85. The SMILES string of the molecule is CCOP(=O)(Cc1ccc(Cn2c3ccccc3c3cc(C(C)C)ccc32)cc1)OCC. The molecule has 0 aliphatic rings. The second-order valence-corrected chi connectivity index (χ2v) is 10.5. The highest BCUT2D eigenvalue weighted by Gasteiger charge is 2.24. The number of rotatable bonds is 9. The van der Waals surface area contributed by atoms with Crippen molar-refractivity contribution in [3.63, 3.8) is 0 Å². The van der Waals surface area contributed by atoms with Crippen LogP contribution in [0.5, 0.6) is 0 Å². The van der Waals surface area contributed by atoms with E-state index in [1.165, 1.54) is 32.9 Å². The second kappa shape index (κ2) is 9.62. The van der Waals surface area contributed by atoms with Gasteiger partial charge in [-0.2, -0.15) is 0 Å². The fourth-order valence-corrected chi connectivity index (χ4v) is 5.98. The highest BCUT2D eigenvalue weighted by Crippen LogP contribution is 2.51. The topological polar surface area (TPSA) is 40.5 Å². The van der Waals surface area contributed by atoms with Crippen LogP contribution in [0, 0.1) is 0 Å². The molecule has 4 nitrogen and oxygen atoms in total. The number of nitrogens with zero attached hydrogens (tertiary/aromatic N) is 1. The van der Waals surface area contributed by atoms with Gasteiger partial charge in [-0.05, 0) is 54.7 Å². The molecule has 0 fully saturated rings. The number of fused-ring (bicyclic) bond motifs is 3. The summed E-state index contributed by atoms with van der Waals surface area (Å²) in [7, 11) is -3.10. The third kappa shape index (κ3) is 4.68. The van der Waals surface area contributed by atoms with E-state index in [0.717, 1.165) is 12.1 Å². The lowest BCUT2D eigenvalue weighted by molar-refractivity contribution is 0.219. The summed E-state index contributed by atoms with van der Waals surface area (Å²) in [5, 5.41) is 2.59. The summed E-state index contributed by atoms with van der Waals surface area (Å²) in [5.41, 5.74) is 6.01. The molecule has 0 N–H and O–H groups in total. The average Bonchev–Trinajstić information content (AvgIpc) is 3.08. The van der Waals surface area contributed by atoms with Crippen LogP contribution in [-0.2, 0) is 26.3 Å². The quantitative estimate of drug-likeness (QED) is 0.245. The van der Waals surface area contributed by atoms with Crippen molar-refractivity contribution in [3.05, 3.63) is 83.4 Å². The van der Waals surface area contributed by atoms with Gasteiger partial charge in [-0.25, -0.2) is 0 Å². The van der Waals surface area contributed by atoms with Crippen LogP contribution in [0.3, 0.4) is 0 Å². The summed E-state index contributed by atoms with van der Waals surface area (Å²) in [6.45, 7) is 9.67. The number of aromatic nitrogens is 1. The molecule has 168 valence electrons. The summed E-state index contributed by atoms with van der Waals surface area (Å²) in [5.74, 6) is 0.499. The zero-order valence-electron chi connectivity index (χ0n) is 19.4. The maximum absolute atomic E-state index is 12.8. The van der Waals surface area contributed by atoms with Gasteiger partial charge in [0.1, 0.15) is 0 Å². The fourth-order valence-electron chi connectivity index (χ4n) is 4.28. The van der Waals surface area contributed by atoms with Gasteiger partial charge in [0, 0.05) is 28.4 Å². The molecule has 1 aromatic heterocycles. The van der Waals surface area contributed by atoms with Gasteiger partial charge in [0.2, 0.25) is 0 Å². The van der Waals surface area contributed by atoms with Gasteiger partial charge in [0.15, 0.2) is 0 Å². The molecular weight excluding hydrogens is 417 g/mol. The molecule has 0 spiro atoms. The molecule has 0 amide bonds. The van der Waals surface area contributed by atoms with E-state index >= 15 is 0 Å². The van der Waals surface area contributed by atoms with Gasteiger partial charge < -0.3 is 13.6 Å². The Morgan fingerprint density at radius 1 is 0.812 bits per heavy atom. The molecule has 0 radical (unpaired) electrons. The molecule has 4 rings (SSSR count). The predicted octanol–water partition coefficient (Wildman–Crippen LogP) is 7.73. The third-order valence-corrected chi connectivity index (χ3v) is 7.91. The van der Waals surface area contributed by atoms with Crippen LogP contribution in [0.4, 0.5) is 0 Å². The Morgan fingerprint density at radius 3 is 2.09 bits per heavy atom. The van der Waals surface area contributed by atoms with Crippen LogP contribution >= 0.6 is 7.60 Å². The van der Waals surface area contributed by atoms with Crippen LogP contribution < -0.4 is 0 Å². The minimum atomic E-state index is -3.10. The molecule has 5 heteroatoms. The van der Waals surface area contributed by atoms with Crippen molar-refractivity contribution in [2.24, 2.45) is 0 Å².